The van der Waals surface area contributed by atoms with E-state index < -0.39 is 26.2 Å². The number of hydrogen-bond donors (Lipinski definition) is 0. The molecule has 0 N–H and O–H groups in total. The highest BCUT2D eigenvalue weighted by molar-refractivity contribution is 7.22. The van der Waals surface area contributed by atoms with Gasteiger partial charge in [0.05, 0.1) is 0 Å². The zero-order valence-corrected chi connectivity index (χ0v) is 15.7. The molecule has 0 amide bonds. The van der Waals surface area contributed by atoms with E-state index in [1.54, 1.807) is 0 Å². The van der Waals surface area contributed by atoms with Crippen molar-refractivity contribution in [1.29, 1.82) is 0 Å². The molecular formula is C8H24O2Si4. The van der Waals surface area contributed by atoms with Crippen molar-refractivity contribution in [3.63, 3.8) is 0 Å². The van der Waals surface area contributed by atoms with Crippen molar-refractivity contribution in [2.75, 3.05) is 0 Å². The van der Waals surface area contributed by atoms with E-state index in [1.807, 2.05) is 0 Å². The van der Waals surface area contributed by atoms with Gasteiger partial charge in [0.15, 0.2) is 18.3 Å². The van der Waals surface area contributed by atoms with E-state index in [0.29, 0.717) is 0 Å². The summed E-state index contributed by atoms with van der Waals surface area (Å²) in [5.41, 5.74) is 2.35. The van der Waals surface area contributed by atoms with Crippen LogP contribution in [0.2, 0.25) is 19.6 Å². The number of rotatable bonds is 7. The lowest BCUT2D eigenvalue weighted by atomic mass is 10.3. The van der Waals surface area contributed by atoms with E-state index in [2.05, 4.69) is 38.3 Å². The van der Waals surface area contributed by atoms with Gasteiger partial charge in [-0.1, -0.05) is 25.1 Å². The highest BCUT2D eigenvalue weighted by atomic mass is 29.2. The van der Waals surface area contributed by atoms with E-state index in [4.69, 9.17) is 8.23 Å². The number of unbranched alkanes of at least 4 members (excludes halogenated alkanes) is 1. The van der Waals surface area contributed by atoms with Gasteiger partial charge in [-0.3, -0.25) is 0 Å². The maximum Gasteiger partial charge on any atom is 0.210 e. The van der Waals surface area contributed by atoms with Crippen molar-refractivity contribution in [3.8, 4) is 0 Å². The quantitative estimate of drug-likeness (QED) is 0.617. The van der Waals surface area contributed by atoms with E-state index in [-0.39, 0.29) is 0 Å². The summed E-state index contributed by atoms with van der Waals surface area (Å²) >= 11 is 0. The van der Waals surface area contributed by atoms with Gasteiger partial charge in [-0.2, -0.15) is 0 Å². The standard InChI is InChI=1S/C8H24O2Si4/c1-5-6-7-8-14(4,9-11)12-10-13(2)3/h7-8,13H,5-6,12H2,1-4,11H3. The van der Waals surface area contributed by atoms with Crippen LogP contribution in [-0.2, 0) is 8.23 Å². The number of allylic oxidation sites excluding steroid dienone is 1. The Morgan fingerprint density at radius 3 is 2.57 bits per heavy atom. The molecule has 0 saturated heterocycles. The van der Waals surface area contributed by atoms with Crippen LogP contribution in [-0.4, -0.2) is 36.6 Å². The fourth-order valence-corrected chi connectivity index (χ4v) is 13.3. The average molecular weight is 265 g/mol. The summed E-state index contributed by atoms with van der Waals surface area (Å²) in [7, 11) is -1.88. The van der Waals surface area contributed by atoms with Crippen LogP contribution in [0.5, 0.6) is 0 Å². The monoisotopic (exact) mass is 264 g/mol. The van der Waals surface area contributed by atoms with Gasteiger partial charge in [0.25, 0.3) is 0 Å². The van der Waals surface area contributed by atoms with Gasteiger partial charge in [0, 0.05) is 0 Å². The van der Waals surface area contributed by atoms with Gasteiger partial charge in [0.2, 0.25) is 7.83 Å². The molecule has 0 radical (unpaired) electrons. The van der Waals surface area contributed by atoms with Crippen molar-refractivity contribution in [2.24, 2.45) is 0 Å². The van der Waals surface area contributed by atoms with Crippen molar-refractivity contribution < 1.29 is 8.23 Å². The van der Waals surface area contributed by atoms with Crippen LogP contribution in [0.15, 0.2) is 11.8 Å². The minimum Gasteiger partial charge on any atom is -0.462 e. The van der Waals surface area contributed by atoms with Crippen LogP contribution >= 0.6 is 0 Å². The van der Waals surface area contributed by atoms with Crippen molar-refractivity contribution in [3.05, 3.63) is 11.8 Å². The number of hydrogen-bond acceptors (Lipinski definition) is 2. The van der Waals surface area contributed by atoms with Crippen LogP contribution in [0.4, 0.5) is 0 Å². The Balaban J connectivity index is 4.03. The summed E-state index contributed by atoms with van der Waals surface area (Å²) in [6.07, 6.45) is 4.70. The largest absolute Gasteiger partial charge is 0.462 e. The Hall–Kier alpha value is 0.528. The van der Waals surface area contributed by atoms with Crippen molar-refractivity contribution in [2.45, 2.75) is 39.4 Å². The van der Waals surface area contributed by atoms with E-state index in [0.717, 1.165) is 10.5 Å². The molecule has 14 heavy (non-hydrogen) atoms. The van der Waals surface area contributed by atoms with Crippen LogP contribution in [0, 0.1) is 0 Å². The molecule has 2 nitrogen and oxygen atoms in total. The lowest BCUT2D eigenvalue weighted by Crippen LogP contribution is -2.43. The van der Waals surface area contributed by atoms with E-state index in [9.17, 15) is 0 Å². The molecule has 0 aliphatic carbocycles. The summed E-state index contributed by atoms with van der Waals surface area (Å²) in [5.74, 6) is 0. The topological polar surface area (TPSA) is 18.5 Å². The average Bonchev–Trinajstić information content (AvgIpc) is 2.15. The molecule has 0 spiro atoms. The van der Waals surface area contributed by atoms with E-state index in [1.165, 1.54) is 12.8 Å². The Morgan fingerprint density at radius 1 is 1.50 bits per heavy atom. The Kier molecular flexibility index (Phi) is 8.06. The highest BCUT2D eigenvalue weighted by Crippen LogP contribution is 2.06. The molecule has 0 aliphatic rings. The van der Waals surface area contributed by atoms with Gasteiger partial charge in [-0.15, -0.1) is 0 Å². The fourth-order valence-electron chi connectivity index (χ4n) is 1.01. The lowest BCUT2D eigenvalue weighted by Gasteiger charge is -2.22. The van der Waals surface area contributed by atoms with Crippen molar-refractivity contribution in [1.82, 2.24) is 0 Å². The maximum atomic E-state index is 5.91. The fraction of sp³-hybridized carbons (Fsp3) is 0.750. The third-order valence-corrected chi connectivity index (χ3v) is 17.2. The second kappa shape index (κ2) is 7.77. The van der Waals surface area contributed by atoms with Gasteiger partial charge in [0.1, 0.15) is 10.5 Å². The molecule has 0 rings (SSSR count). The van der Waals surface area contributed by atoms with E-state index >= 15 is 0 Å². The Labute approximate surface area is 96.2 Å². The molecule has 0 aliphatic heterocycles. The maximum absolute atomic E-state index is 5.91. The SMILES string of the molecule is CCCC=C[Si](C)(O[SiH3])[SiH2]O[SiH](C)C. The first-order valence-corrected chi connectivity index (χ1v) is 14.4. The zero-order valence-electron chi connectivity index (χ0n) is 10.2. The second-order valence-corrected chi connectivity index (χ2v) is 17.5. The first kappa shape index (κ1) is 14.5. The molecule has 0 aromatic carbocycles. The second-order valence-electron chi connectivity index (χ2n) is 4.07. The van der Waals surface area contributed by atoms with Crippen LogP contribution < -0.4 is 0 Å². The lowest BCUT2D eigenvalue weighted by molar-refractivity contribution is 0.599. The summed E-state index contributed by atoms with van der Waals surface area (Å²) in [5, 5.41) is 0. The Morgan fingerprint density at radius 2 is 2.14 bits per heavy atom. The molecular weight excluding hydrogens is 240 g/mol. The summed E-state index contributed by atoms with van der Waals surface area (Å²) < 4.78 is 11.7. The molecule has 1 unspecified atom stereocenters. The molecule has 0 heterocycles. The molecule has 0 aromatic heterocycles. The molecule has 6 heteroatoms. The summed E-state index contributed by atoms with van der Waals surface area (Å²) in [6, 6.07) is 0. The third kappa shape index (κ3) is 6.90. The van der Waals surface area contributed by atoms with Gasteiger partial charge < -0.3 is 8.23 Å². The van der Waals surface area contributed by atoms with Crippen molar-refractivity contribution >= 4 is 36.6 Å². The Bertz CT molecular complexity index is 175. The van der Waals surface area contributed by atoms with Crippen LogP contribution in [0.1, 0.15) is 19.8 Å². The molecule has 0 aromatic rings. The molecule has 0 saturated carbocycles. The third-order valence-electron chi connectivity index (χ3n) is 2.10. The minimum atomic E-state index is -1.49. The highest BCUT2D eigenvalue weighted by Gasteiger charge is 2.25. The van der Waals surface area contributed by atoms with Gasteiger partial charge in [-0.05, 0) is 26.1 Å². The van der Waals surface area contributed by atoms with Crippen LogP contribution in [0.25, 0.3) is 0 Å². The normalized spacial score (nSPS) is 17.5. The zero-order chi connectivity index (χ0) is 11.0. The molecule has 84 valence electrons. The minimum absolute atomic E-state index is 0.420. The molecule has 0 fully saturated rings. The first-order chi connectivity index (χ1) is 6.54. The molecule has 1 atom stereocenters. The van der Waals surface area contributed by atoms with Gasteiger partial charge >= 0.3 is 0 Å². The summed E-state index contributed by atoms with van der Waals surface area (Å²) in [4.78, 5) is 0. The predicted octanol–water partition coefficient (Wildman–Crippen LogP) is 0.335. The smallest absolute Gasteiger partial charge is 0.210 e. The predicted molar refractivity (Wildman–Crippen MR) is 75.2 cm³/mol. The molecule has 0 bridgehead atoms. The first-order valence-electron chi connectivity index (χ1n) is 5.38. The summed E-state index contributed by atoms with van der Waals surface area (Å²) in [6.45, 7) is 8.99. The van der Waals surface area contributed by atoms with Gasteiger partial charge in [-0.25, -0.2) is 0 Å². The van der Waals surface area contributed by atoms with Crippen LogP contribution in [0.3, 0.4) is 0 Å².